The van der Waals surface area contributed by atoms with E-state index in [2.05, 4.69) is 23.7 Å². The van der Waals surface area contributed by atoms with Crippen molar-refractivity contribution in [3.05, 3.63) is 35.0 Å². The predicted octanol–water partition coefficient (Wildman–Crippen LogP) is 3.86. The lowest BCUT2D eigenvalue weighted by Gasteiger charge is -2.36. The van der Waals surface area contributed by atoms with Gasteiger partial charge in [-0.25, -0.2) is 9.97 Å². The van der Waals surface area contributed by atoms with Crippen molar-refractivity contribution in [1.82, 2.24) is 15.0 Å². The monoisotopic (exact) mass is 366 g/mol. The van der Waals surface area contributed by atoms with E-state index < -0.39 is 0 Å². The molecule has 4 heterocycles. The fourth-order valence-electron chi connectivity index (χ4n) is 4.18. The molecular formula is C20H22N4OS. The lowest BCUT2D eigenvalue weighted by atomic mass is 10.1. The summed E-state index contributed by atoms with van der Waals surface area (Å²) < 4.78 is 5.95. The van der Waals surface area contributed by atoms with Gasteiger partial charge < -0.3 is 9.64 Å². The van der Waals surface area contributed by atoms with Gasteiger partial charge in [0.1, 0.15) is 10.6 Å². The smallest absolute Gasteiger partial charge is 0.164 e. The van der Waals surface area contributed by atoms with Gasteiger partial charge in [-0.1, -0.05) is 0 Å². The van der Waals surface area contributed by atoms with E-state index in [-0.39, 0.29) is 12.2 Å². The third-order valence-corrected chi connectivity index (χ3v) is 6.37. The Bertz CT molecular complexity index is 945. The van der Waals surface area contributed by atoms with E-state index in [1.807, 2.05) is 29.7 Å². The molecule has 0 N–H and O–H groups in total. The molecule has 3 aromatic rings. The molecule has 1 fully saturated rings. The second kappa shape index (κ2) is 6.28. The normalized spacial score (nSPS) is 22.8. The number of ether oxygens (including phenoxy) is 1. The molecule has 1 saturated heterocycles. The van der Waals surface area contributed by atoms with Crippen LogP contribution < -0.4 is 4.90 Å². The number of thiophene rings is 1. The topological polar surface area (TPSA) is 51.1 Å². The zero-order valence-electron chi connectivity index (χ0n) is 15.1. The molecule has 0 aromatic carbocycles. The fraction of sp³-hybridized carbons (Fsp3) is 0.450. The Morgan fingerprint density at radius 1 is 1.15 bits per heavy atom. The number of morpholine rings is 1. The van der Waals surface area contributed by atoms with Gasteiger partial charge in [0.15, 0.2) is 5.82 Å². The number of rotatable bonds is 2. The van der Waals surface area contributed by atoms with Crippen LogP contribution in [0, 0.1) is 0 Å². The van der Waals surface area contributed by atoms with Crippen molar-refractivity contribution in [1.29, 1.82) is 0 Å². The van der Waals surface area contributed by atoms with Gasteiger partial charge in [0, 0.05) is 35.9 Å². The largest absolute Gasteiger partial charge is 0.372 e. The van der Waals surface area contributed by atoms with E-state index in [0.29, 0.717) is 0 Å². The zero-order valence-corrected chi connectivity index (χ0v) is 15.9. The maximum absolute atomic E-state index is 5.95. The van der Waals surface area contributed by atoms with Gasteiger partial charge in [-0.15, -0.1) is 11.3 Å². The van der Waals surface area contributed by atoms with Crippen molar-refractivity contribution in [2.45, 2.75) is 45.3 Å². The van der Waals surface area contributed by atoms with E-state index in [1.54, 1.807) is 6.20 Å². The Labute approximate surface area is 157 Å². The van der Waals surface area contributed by atoms with Crippen molar-refractivity contribution in [2.24, 2.45) is 0 Å². The lowest BCUT2D eigenvalue weighted by molar-refractivity contribution is -0.00536. The maximum Gasteiger partial charge on any atom is 0.164 e. The SMILES string of the molecule is C[C@H]1CN(c2nc(-c3cccnc3)nc3sc4c(c23)CCC4)C[C@H](C)O1. The zero-order chi connectivity index (χ0) is 17.7. The van der Waals surface area contributed by atoms with Crippen LogP contribution in [-0.2, 0) is 17.6 Å². The molecule has 0 unspecified atom stereocenters. The Kier molecular flexibility index (Phi) is 3.90. The third-order valence-electron chi connectivity index (χ3n) is 5.18. The molecule has 26 heavy (non-hydrogen) atoms. The van der Waals surface area contributed by atoms with Gasteiger partial charge in [0.2, 0.25) is 0 Å². The van der Waals surface area contributed by atoms with Crippen molar-refractivity contribution < 1.29 is 4.74 Å². The van der Waals surface area contributed by atoms with Crippen LogP contribution in [0.15, 0.2) is 24.5 Å². The van der Waals surface area contributed by atoms with E-state index in [0.717, 1.165) is 41.5 Å². The number of aromatic nitrogens is 3. The number of nitrogens with zero attached hydrogens (tertiary/aromatic N) is 4. The Morgan fingerprint density at radius 3 is 2.77 bits per heavy atom. The highest BCUT2D eigenvalue weighted by Crippen LogP contribution is 2.42. The molecule has 6 heteroatoms. The van der Waals surface area contributed by atoms with Crippen molar-refractivity contribution >= 4 is 27.4 Å². The fourth-order valence-corrected chi connectivity index (χ4v) is 5.44. The minimum Gasteiger partial charge on any atom is -0.372 e. The number of hydrogen-bond acceptors (Lipinski definition) is 6. The van der Waals surface area contributed by atoms with Gasteiger partial charge >= 0.3 is 0 Å². The third kappa shape index (κ3) is 2.68. The van der Waals surface area contributed by atoms with Crippen LogP contribution in [0.1, 0.15) is 30.7 Å². The number of anilines is 1. The second-order valence-corrected chi connectivity index (χ2v) is 8.40. The standard InChI is InChI=1S/C20H22N4OS/c1-12-10-24(11-13(2)25-12)19-17-15-6-3-7-16(15)26-20(17)23-18(22-19)14-5-4-8-21-9-14/h4-5,8-9,12-13H,3,6-7,10-11H2,1-2H3/t12-,13-/m0/s1. The van der Waals surface area contributed by atoms with Gasteiger partial charge in [-0.2, -0.15) is 0 Å². The van der Waals surface area contributed by atoms with E-state index in [1.165, 1.54) is 28.7 Å². The Balaban J connectivity index is 1.71. The molecule has 5 nitrogen and oxygen atoms in total. The van der Waals surface area contributed by atoms with Crippen LogP contribution in [0.25, 0.3) is 21.6 Å². The highest BCUT2D eigenvalue weighted by atomic mass is 32.1. The first-order valence-corrected chi connectivity index (χ1v) is 10.1. The molecular weight excluding hydrogens is 344 g/mol. The molecule has 2 aliphatic rings. The van der Waals surface area contributed by atoms with Gasteiger partial charge in [-0.3, -0.25) is 4.98 Å². The maximum atomic E-state index is 5.95. The van der Waals surface area contributed by atoms with Crippen LogP contribution in [0.4, 0.5) is 5.82 Å². The summed E-state index contributed by atoms with van der Waals surface area (Å²) in [7, 11) is 0. The molecule has 2 atom stereocenters. The van der Waals surface area contributed by atoms with E-state index >= 15 is 0 Å². The van der Waals surface area contributed by atoms with Gasteiger partial charge in [0.05, 0.1) is 17.6 Å². The molecule has 1 aliphatic heterocycles. The highest BCUT2D eigenvalue weighted by Gasteiger charge is 2.29. The second-order valence-electron chi connectivity index (χ2n) is 7.31. The van der Waals surface area contributed by atoms with Crippen molar-refractivity contribution in [3.63, 3.8) is 0 Å². The minimum atomic E-state index is 0.206. The lowest BCUT2D eigenvalue weighted by Crippen LogP contribution is -2.46. The molecule has 1 aliphatic carbocycles. The van der Waals surface area contributed by atoms with Crippen LogP contribution in [0.5, 0.6) is 0 Å². The molecule has 3 aromatic heterocycles. The molecule has 0 amide bonds. The molecule has 0 spiro atoms. The van der Waals surface area contributed by atoms with Crippen LogP contribution in [-0.4, -0.2) is 40.2 Å². The summed E-state index contributed by atoms with van der Waals surface area (Å²) in [6.45, 7) is 6.02. The van der Waals surface area contributed by atoms with Crippen molar-refractivity contribution in [2.75, 3.05) is 18.0 Å². The summed E-state index contributed by atoms with van der Waals surface area (Å²) in [6.07, 6.45) is 7.61. The van der Waals surface area contributed by atoms with Gasteiger partial charge in [-0.05, 0) is 50.8 Å². The van der Waals surface area contributed by atoms with Crippen LogP contribution >= 0.6 is 11.3 Å². The first-order chi connectivity index (χ1) is 12.7. The van der Waals surface area contributed by atoms with Crippen LogP contribution in [0.3, 0.4) is 0 Å². The summed E-state index contributed by atoms with van der Waals surface area (Å²) in [6, 6.07) is 3.97. The first-order valence-electron chi connectivity index (χ1n) is 9.32. The summed E-state index contributed by atoms with van der Waals surface area (Å²) in [5.74, 6) is 1.85. The molecule has 134 valence electrons. The summed E-state index contributed by atoms with van der Waals surface area (Å²) in [4.78, 5) is 19.2. The first kappa shape index (κ1) is 16.1. The predicted molar refractivity (Wildman–Crippen MR) is 105 cm³/mol. The number of fused-ring (bicyclic) bond motifs is 3. The van der Waals surface area contributed by atoms with E-state index in [9.17, 15) is 0 Å². The summed E-state index contributed by atoms with van der Waals surface area (Å²) in [5, 5.41) is 1.27. The number of hydrogen-bond donors (Lipinski definition) is 0. The summed E-state index contributed by atoms with van der Waals surface area (Å²) >= 11 is 1.85. The van der Waals surface area contributed by atoms with Crippen molar-refractivity contribution in [3.8, 4) is 11.4 Å². The Morgan fingerprint density at radius 2 is 2.00 bits per heavy atom. The summed E-state index contributed by atoms with van der Waals surface area (Å²) in [5.41, 5.74) is 2.45. The quantitative estimate of drug-likeness (QED) is 0.689. The Hall–Kier alpha value is -2.05. The molecule has 0 radical (unpaired) electrons. The minimum absolute atomic E-state index is 0.206. The van der Waals surface area contributed by atoms with E-state index in [4.69, 9.17) is 14.7 Å². The van der Waals surface area contributed by atoms with Gasteiger partial charge in [0.25, 0.3) is 0 Å². The highest BCUT2D eigenvalue weighted by molar-refractivity contribution is 7.19. The molecule has 0 saturated carbocycles. The van der Waals surface area contributed by atoms with Crippen LogP contribution in [0.2, 0.25) is 0 Å². The molecule has 0 bridgehead atoms. The average molecular weight is 366 g/mol. The number of pyridine rings is 1. The average Bonchev–Trinajstić information content (AvgIpc) is 3.21. The number of aryl methyl sites for hydroxylation is 2. The molecule has 5 rings (SSSR count).